The molecule has 3 rings (SSSR count). The monoisotopic (exact) mass is 297 g/mol. The summed E-state index contributed by atoms with van der Waals surface area (Å²) in [7, 11) is 3.18. The first kappa shape index (κ1) is 13.9. The Balaban J connectivity index is 2.00. The molecule has 0 fully saturated rings. The molecule has 0 aliphatic rings. The highest BCUT2D eigenvalue weighted by Gasteiger charge is 2.08. The molecule has 0 saturated heterocycles. The maximum absolute atomic E-state index is 5.94. The lowest BCUT2D eigenvalue weighted by Gasteiger charge is -2.11. The maximum atomic E-state index is 5.94. The Hall–Kier alpha value is -3.09. The third-order valence-corrected chi connectivity index (χ3v) is 3.08. The van der Waals surface area contributed by atoms with Crippen molar-refractivity contribution in [1.29, 1.82) is 0 Å². The highest BCUT2D eigenvalue weighted by molar-refractivity contribution is 5.78. The molecule has 0 bridgehead atoms. The minimum absolute atomic E-state index is 0.271. The number of rotatable bonds is 4. The van der Waals surface area contributed by atoms with E-state index < -0.39 is 0 Å². The molecular weight excluding hydrogens is 282 g/mol. The zero-order valence-corrected chi connectivity index (χ0v) is 12.2. The number of benzene rings is 1. The molecule has 1 aromatic carbocycles. The van der Waals surface area contributed by atoms with Crippen molar-refractivity contribution in [2.45, 2.75) is 0 Å². The molecule has 3 aromatic rings. The summed E-state index contributed by atoms with van der Waals surface area (Å²) in [5, 5.41) is 3.13. The lowest BCUT2D eigenvalue weighted by molar-refractivity contribution is 0.395. The van der Waals surface area contributed by atoms with E-state index in [1.807, 2.05) is 18.2 Å². The second-order valence-electron chi connectivity index (χ2n) is 4.53. The van der Waals surface area contributed by atoms with Gasteiger partial charge in [-0.05, 0) is 12.1 Å². The van der Waals surface area contributed by atoms with Crippen molar-refractivity contribution in [3.8, 4) is 11.5 Å². The van der Waals surface area contributed by atoms with Gasteiger partial charge in [0.05, 0.1) is 14.2 Å². The Kier molecular flexibility index (Phi) is 3.61. The van der Waals surface area contributed by atoms with Gasteiger partial charge >= 0.3 is 0 Å². The minimum Gasteiger partial charge on any atom is -0.497 e. The fourth-order valence-corrected chi connectivity index (χ4v) is 2.01. The summed E-state index contributed by atoms with van der Waals surface area (Å²) in [6.45, 7) is 0. The van der Waals surface area contributed by atoms with Gasteiger partial charge in [0.1, 0.15) is 17.0 Å². The van der Waals surface area contributed by atoms with Gasteiger partial charge in [0, 0.05) is 30.1 Å². The molecule has 0 unspecified atom stereocenters. The van der Waals surface area contributed by atoms with Gasteiger partial charge in [0.15, 0.2) is 17.3 Å². The van der Waals surface area contributed by atoms with Crippen molar-refractivity contribution in [2.75, 3.05) is 25.3 Å². The average molecular weight is 297 g/mol. The summed E-state index contributed by atoms with van der Waals surface area (Å²) >= 11 is 0. The molecule has 0 atom stereocenters. The number of methoxy groups -OCH3 is 2. The number of anilines is 3. The number of hydrogen-bond acceptors (Lipinski definition) is 7. The standard InChI is InChI=1S/C15H15N5O2/c1-21-10-6-9(7-11(8-10)22-2)18-15-13(16)20-14-12(19-15)4-3-5-17-14/h3-8H,1-2H3,(H,18,19)(H2,16,17,20). The molecule has 0 spiro atoms. The molecule has 0 aliphatic heterocycles. The SMILES string of the molecule is COc1cc(Nc2nc3cccnc3nc2N)cc(OC)c1. The van der Waals surface area contributed by atoms with Crippen LogP contribution in [0.3, 0.4) is 0 Å². The van der Waals surface area contributed by atoms with Crippen LogP contribution in [0.4, 0.5) is 17.3 Å². The molecule has 2 aromatic heterocycles. The van der Waals surface area contributed by atoms with E-state index in [2.05, 4.69) is 20.3 Å². The van der Waals surface area contributed by atoms with E-state index in [1.54, 1.807) is 32.5 Å². The molecule has 7 nitrogen and oxygen atoms in total. The Bertz CT molecular complexity index is 800. The van der Waals surface area contributed by atoms with E-state index in [0.29, 0.717) is 28.5 Å². The van der Waals surface area contributed by atoms with Crippen LogP contribution in [-0.4, -0.2) is 29.2 Å². The summed E-state index contributed by atoms with van der Waals surface area (Å²) < 4.78 is 10.5. The zero-order valence-electron chi connectivity index (χ0n) is 12.2. The predicted molar refractivity (Wildman–Crippen MR) is 84.6 cm³/mol. The van der Waals surface area contributed by atoms with E-state index in [9.17, 15) is 0 Å². The summed E-state index contributed by atoms with van der Waals surface area (Å²) in [6, 6.07) is 9.04. The zero-order chi connectivity index (χ0) is 15.5. The molecule has 0 aliphatic carbocycles. The van der Waals surface area contributed by atoms with Crippen LogP contribution in [0.5, 0.6) is 11.5 Å². The van der Waals surface area contributed by atoms with Crippen molar-refractivity contribution in [3.05, 3.63) is 36.5 Å². The first-order valence-electron chi connectivity index (χ1n) is 6.58. The van der Waals surface area contributed by atoms with Crippen LogP contribution in [-0.2, 0) is 0 Å². The van der Waals surface area contributed by atoms with Crippen molar-refractivity contribution < 1.29 is 9.47 Å². The summed E-state index contributed by atoms with van der Waals surface area (Å²) in [5.74, 6) is 2.05. The van der Waals surface area contributed by atoms with Crippen LogP contribution in [0.25, 0.3) is 11.2 Å². The van der Waals surface area contributed by atoms with Gasteiger partial charge in [-0.25, -0.2) is 15.0 Å². The fourth-order valence-electron chi connectivity index (χ4n) is 2.01. The molecule has 0 saturated carbocycles. The molecule has 0 radical (unpaired) electrons. The van der Waals surface area contributed by atoms with Gasteiger partial charge in [0.25, 0.3) is 0 Å². The van der Waals surface area contributed by atoms with Crippen molar-refractivity contribution in [3.63, 3.8) is 0 Å². The normalized spacial score (nSPS) is 10.5. The summed E-state index contributed by atoms with van der Waals surface area (Å²) in [4.78, 5) is 12.8. The van der Waals surface area contributed by atoms with Crippen LogP contribution in [0.15, 0.2) is 36.5 Å². The molecule has 22 heavy (non-hydrogen) atoms. The first-order chi connectivity index (χ1) is 10.7. The third-order valence-electron chi connectivity index (χ3n) is 3.08. The number of nitrogens with two attached hydrogens (primary N) is 1. The molecule has 0 amide bonds. The maximum Gasteiger partial charge on any atom is 0.180 e. The fraction of sp³-hybridized carbons (Fsp3) is 0.133. The smallest absolute Gasteiger partial charge is 0.180 e. The largest absolute Gasteiger partial charge is 0.497 e. The number of nitrogens with one attached hydrogen (secondary N) is 1. The second kappa shape index (κ2) is 5.72. The van der Waals surface area contributed by atoms with E-state index in [1.165, 1.54) is 0 Å². The number of hydrogen-bond donors (Lipinski definition) is 2. The molecule has 7 heteroatoms. The van der Waals surface area contributed by atoms with Crippen LogP contribution in [0.1, 0.15) is 0 Å². The predicted octanol–water partition coefficient (Wildman–Crippen LogP) is 2.37. The lowest BCUT2D eigenvalue weighted by Crippen LogP contribution is -2.03. The summed E-state index contributed by atoms with van der Waals surface area (Å²) in [5.41, 5.74) is 7.84. The van der Waals surface area contributed by atoms with Gasteiger partial charge < -0.3 is 20.5 Å². The Labute approximate surface area is 127 Å². The Morgan fingerprint density at radius 2 is 1.77 bits per heavy atom. The van der Waals surface area contributed by atoms with Crippen LogP contribution >= 0.6 is 0 Å². The highest BCUT2D eigenvalue weighted by Crippen LogP contribution is 2.29. The lowest BCUT2D eigenvalue weighted by atomic mass is 10.2. The number of aromatic nitrogens is 3. The van der Waals surface area contributed by atoms with Crippen LogP contribution < -0.4 is 20.5 Å². The molecule has 3 N–H and O–H groups in total. The van der Waals surface area contributed by atoms with Gasteiger partial charge in [-0.15, -0.1) is 0 Å². The number of nitrogens with zero attached hydrogens (tertiary/aromatic N) is 3. The third kappa shape index (κ3) is 2.69. The number of pyridine rings is 1. The first-order valence-corrected chi connectivity index (χ1v) is 6.58. The van der Waals surface area contributed by atoms with Crippen LogP contribution in [0, 0.1) is 0 Å². The summed E-state index contributed by atoms with van der Waals surface area (Å²) in [6.07, 6.45) is 1.65. The Morgan fingerprint density at radius 3 is 2.45 bits per heavy atom. The van der Waals surface area contributed by atoms with Gasteiger partial charge in [-0.1, -0.05) is 0 Å². The number of ether oxygens (including phenoxy) is 2. The van der Waals surface area contributed by atoms with Gasteiger partial charge in [0.2, 0.25) is 0 Å². The quantitative estimate of drug-likeness (QED) is 0.763. The highest BCUT2D eigenvalue weighted by atomic mass is 16.5. The number of fused-ring (bicyclic) bond motifs is 1. The average Bonchev–Trinajstić information content (AvgIpc) is 2.55. The minimum atomic E-state index is 0.271. The van der Waals surface area contributed by atoms with E-state index in [4.69, 9.17) is 15.2 Å². The van der Waals surface area contributed by atoms with E-state index in [-0.39, 0.29) is 5.82 Å². The van der Waals surface area contributed by atoms with E-state index in [0.717, 1.165) is 5.69 Å². The molecule has 2 heterocycles. The van der Waals surface area contributed by atoms with Crippen molar-refractivity contribution in [2.24, 2.45) is 0 Å². The van der Waals surface area contributed by atoms with Crippen molar-refractivity contribution >= 4 is 28.5 Å². The molecular formula is C15H15N5O2. The Morgan fingerprint density at radius 1 is 1.05 bits per heavy atom. The van der Waals surface area contributed by atoms with Gasteiger partial charge in [-0.2, -0.15) is 0 Å². The second-order valence-corrected chi connectivity index (χ2v) is 4.53. The number of nitrogen functional groups attached to an aromatic ring is 1. The van der Waals surface area contributed by atoms with E-state index >= 15 is 0 Å². The van der Waals surface area contributed by atoms with Crippen molar-refractivity contribution in [1.82, 2.24) is 15.0 Å². The topological polar surface area (TPSA) is 95.2 Å². The van der Waals surface area contributed by atoms with Crippen LogP contribution in [0.2, 0.25) is 0 Å². The molecule has 112 valence electrons. The van der Waals surface area contributed by atoms with Gasteiger partial charge in [-0.3, -0.25) is 0 Å².